The summed E-state index contributed by atoms with van der Waals surface area (Å²) in [5.74, 6) is 0. The van der Waals surface area contributed by atoms with E-state index in [4.69, 9.17) is 0 Å². The predicted octanol–water partition coefficient (Wildman–Crippen LogP) is 7.05. The van der Waals surface area contributed by atoms with E-state index in [2.05, 4.69) is 71.8 Å². The van der Waals surface area contributed by atoms with Crippen molar-refractivity contribution in [2.24, 2.45) is 0 Å². The van der Waals surface area contributed by atoms with E-state index in [-0.39, 0.29) is 0 Å². The van der Waals surface area contributed by atoms with Gasteiger partial charge in [-0.2, -0.15) is 0 Å². The molecule has 4 aromatic rings. The highest BCUT2D eigenvalue weighted by Gasteiger charge is 2.16. The minimum atomic E-state index is 1.07. The van der Waals surface area contributed by atoms with Gasteiger partial charge in [0.1, 0.15) is 0 Å². The Morgan fingerprint density at radius 1 is 0.957 bits per heavy atom. The third kappa shape index (κ3) is 2.75. The molecule has 2 aromatic carbocycles. The van der Waals surface area contributed by atoms with Crippen LogP contribution in [0.2, 0.25) is 0 Å². The van der Waals surface area contributed by atoms with E-state index in [1.54, 1.807) is 0 Å². The Labute approximate surface area is 144 Å². The highest BCUT2D eigenvalue weighted by atomic mass is 32.1. The maximum absolute atomic E-state index is 2.51. The lowest BCUT2D eigenvalue weighted by molar-refractivity contribution is 0.791. The van der Waals surface area contributed by atoms with Crippen molar-refractivity contribution in [2.75, 3.05) is 11.4 Å². The highest BCUT2D eigenvalue weighted by Crippen LogP contribution is 2.41. The fourth-order valence-electron chi connectivity index (χ4n) is 2.94. The molecule has 0 amide bonds. The number of thiophene rings is 2. The van der Waals surface area contributed by atoms with Crippen LogP contribution in [0.1, 0.15) is 19.8 Å². The van der Waals surface area contributed by atoms with Crippen molar-refractivity contribution in [1.82, 2.24) is 0 Å². The van der Waals surface area contributed by atoms with Gasteiger partial charge in [-0.3, -0.25) is 0 Å². The first-order valence-electron chi connectivity index (χ1n) is 8.09. The third-order valence-electron chi connectivity index (χ3n) is 4.17. The van der Waals surface area contributed by atoms with Crippen LogP contribution in [-0.2, 0) is 0 Å². The molecule has 4 rings (SSSR count). The Morgan fingerprint density at radius 2 is 1.74 bits per heavy atom. The van der Waals surface area contributed by atoms with E-state index in [1.807, 2.05) is 22.7 Å². The SMILES string of the molecule is CCCCN(c1cc2ccccc2s1)c1csc2ccccc12. The summed E-state index contributed by atoms with van der Waals surface area (Å²) < 4.78 is 2.73. The van der Waals surface area contributed by atoms with E-state index < -0.39 is 0 Å². The van der Waals surface area contributed by atoms with E-state index in [1.165, 1.54) is 43.7 Å². The molecular weight excluding hydrogens is 318 g/mol. The van der Waals surface area contributed by atoms with Crippen LogP contribution >= 0.6 is 22.7 Å². The Bertz CT molecular complexity index is 902. The van der Waals surface area contributed by atoms with Crippen molar-refractivity contribution in [3.05, 3.63) is 60.0 Å². The normalized spacial score (nSPS) is 11.3. The number of nitrogens with zero attached hydrogens (tertiary/aromatic N) is 1. The fourth-order valence-corrected chi connectivity index (χ4v) is 4.99. The van der Waals surface area contributed by atoms with Crippen LogP contribution in [0.4, 0.5) is 10.7 Å². The highest BCUT2D eigenvalue weighted by molar-refractivity contribution is 7.23. The van der Waals surface area contributed by atoms with Crippen LogP contribution in [-0.4, -0.2) is 6.54 Å². The minimum absolute atomic E-state index is 1.07. The average molecular weight is 338 g/mol. The number of rotatable bonds is 5. The molecule has 0 unspecified atom stereocenters. The lowest BCUT2D eigenvalue weighted by Crippen LogP contribution is -2.16. The molecule has 0 spiro atoms. The number of anilines is 2. The molecule has 0 saturated heterocycles. The third-order valence-corrected chi connectivity index (χ3v) is 6.26. The summed E-state index contributed by atoms with van der Waals surface area (Å²) in [7, 11) is 0. The van der Waals surface area contributed by atoms with Gasteiger partial charge in [0.15, 0.2) is 0 Å². The summed E-state index contributed by atoms with van der Waals surface area (Å²) in [5, 5.41) is 6.37. The molecule has 0 N–H and O–H groups in total. The zero-order chi connectivity index (χ0) is 15.6. The zero-order valence-electron chi connectivity index (χ0n) is 13.2. The number of hydrogen-bond acceptors (Lipinski definition) is 3. The number of benzene rings is 2. The number of fused-ring (bicyclic) bond motifs is 2. The molecule has 0 fully saturated rings. The van der Waals surface area contributed by atoms with E-state index in [9.17, 15) is 0 Å². The predicted molar refractivity (Wildman–Crippen MR) is 106 cm³/mol. The monoisotopic (exact) mass is 337 g/mol. The first kappa shape index (κ1) is 14.7. The Morgan fingerprint density at radius 3 is 2.57 bits per heavy atom. The molecule has 0 aliphatic rings. The number of hydrogen-bond donors (Lipinski definition) is 0. The van der Waals surface area contributed by atoms with Gasteiger partial charge >= 0.3 is 0 Å². The van der Waals surface area contributed by atoms with Gasteiger partial charge < -0.3 is 4.90 Å². The first-order chi connectivity index (χ1) is 11.4. The van der Waals surface area contributed by atoms with Gasteiger partial charge in [-0.15, -0.1) is 22.7 Å². The summed E-state index contributed by atoms with van der Waals surface area (Å²) in [6, 6.07) is 19.7. The fraction of sp³-hybridized carbons (Fsp3) is 0.200. The molecule has 0 saturated carbocycles. The van der Waals surface area contributed by atoms with Crippen LogP contribution in [0.5, 0.6) is 0 Å². The molecule has 0 aliphatic heterocycles. The van der Waals surface area contributed by atoms with Gasteiger partial charge in [0.05, 0.1) is 10.7 Å². The standard InChI is InChI=1S/C20H19NS2/c1-2-3-12-21(17-14-22-19-11-7-5-9-16(17)19)20-13-15-8-4-6-10-18(15)23-20/h4-11,13-14H,2-3,12H2,1H3. The van der Waals surface area contributed by atoms with Gasteiger partial charge in [0.2, 0.25) is 0 Å². The molecule has 3 heteroatoms. The number of unbranched alkanes of at least 4 members (excludes halogenated alkanes) is 1. The minimum Gasteiger partial charge on any atom is -0.332 e. The first-order valence-corrected chi connectivity index (χ1v) is 9.79. The summed E-state index contributed by atoms with van der Waals surface area (Å²) in [4.78, 5) is 2.51. The molecule has 0 radical (unpaired) electrons. The topological polar surface area (TPSA) is 3.24 Å². The molecule has 23 heavy (non-hydrogen) atoms. The summed E-state index contributed by atoms with van der Waals surface area (Å²) in [6.07, 6.45) is 2.42. The largest absolute Gasteiger partial charge is 0.332 e. The van der Waals surface area contributed by atoms with Crippen molar-refractivity contribution < 1.29 is 0 Å². The second kappa shape index (κ2) is 6.34. The second-order valence-corrected chi connectivity index (χ2v) is 7.72. The summed E-state index contributed by atoms with van der Waals surface area (Å²) in [5.41, 5.74) is 1.35. The lowest BCUT2D eigenvalue weighted by atomic mass is 10.2. The van der Waals surface area contributed by atoms with Gasteiger partial charge in [0, 0.05) is 26.7 Å². The van der Waals surface area contributed by atoms with Crippen molar-refractivity contribution in [2.45, 2.75) is 19.8 Å². The molecule has 1 nitrogen and oxygen atoms in total. The summed E-state index contributed by atoms with van der Waals surface area (Å²) in [6.45, 7) is 3.33. The lowest BCUT2D eigenvalue weighted by Gasteiger charge is -2.22. The van der Waals surface area contributed by atoms with Gasteiger partial charge in [0.25, 0.3) is 0 Å². The summed E-state index contributed by atoms with van der Waals surface area (Å²) >= 11 is 3.73. The maximum atomic E-state index is 2.51. The van der Waals surface area contributed by atoms with Crippen molar-refractivity contribution in [1.29, 1.82) is 0 Å². The van der Waals surface area contributed by atoms with Crippen LogP contribution in [0, 0.1) is 0 Å². The molecule has 2 aromatic heterocycles. The van der Waals surface area contributed by atoms with Crippen molar-refractivity contribution >= 4 is 53.5 Å². The Kier molecular flexibility index (Phi) is 4.06. The second-order valence-electron chi connectivity index (χ2n) is 5.74. The average Bonchev–Trinajstić information content (AvgIpc) is 3.20. The quantitative estimate of drug-likeness (QED) is 0.377. The van der Waals surface area contributed by atoms with Crippen molar-refractivity contribution in [3.8, 4) is 0 Å². The van der Waals surface area contributed by atoms with Crippen molar-refractivity contribution in [3.63, 3.8) is 0 Å². The van der Waals surface area contributed by atoms with Crippen LogP contribution in [0.3, 0.4) is 0 Å². The molecular formula is C20H19NS2. The van der Waals surface area contributed by atoms with E-state index >= 15 is 0 Å². The molecule has 116 valence electrons. The molecule has 0 bridgehead atoms. The smallest absolute Gasteiger partial charge is 0.0965 e. The van der Waals surface area contributed by atoms with E-state index in [0.717, 1.165) is 6.54 Å². The molecule has 2 heterocycles. The van der Waals surface area contributed by atoms with Gasteiger partial charge in [-0.25, -0.2) is 0 Å². The van der Waals surface area contributed by atoms with Gasteiger partial charge in [-0.1, -0.05) is 49.7 Å². The van der Waals surface area contributed by atoms with Crippen LogP contribution in [0.25, 0.3) is 20.2 Å². The van der Waals surface area contributed by atoms with Crippen LogP contribution in [0.15, 0.2) is 60.0 Å². The van der Waals surface area contributed by atoms with E-state index in [0.29, 0.717) is 0 Å². The van der Waals surface area contributed by atoms with Gasteiger partial charge in [-0.05, 0) is 30.0 Å². The molecule has 0 atom stereocenters. The van der Waals surface area contributed by atoms with Crippen LogP contribution < -0.4 is 4.90 Å². The maximum Gasteiger partial charge on any atom is 0.0965 e. The molecule has 0 aliphatic carbocycles. The Balaban J connectivity index is 1.83. The Hall–Kier alpha value is -1.84. The zero-order valence-corrected chi connectivity index (χ0v) is 14.8.